The van der Waals surface area contributed by atoms with Gasteiger partial charge in [-0.3, -0.25) is 14.9 Å². The van der Waals surface area contributed by atoms with E-state index < -0.39 is 0 Å². The van der Waals surface area contributed by atoms with Crippen molar-refractivity contribution in [3.05, 3.63) is 84.7 Å². The highest BCUT2D eigenvalue weighted by Gasteiger charge is 2.08. The molecule has 0 aliphatic rings. The van der Waals surface area contributed by atoms with Crippen LogP contribution in [0.3, 0.4) is 0 Å². The Balaban J connectivity index is 1.67. The van der Waals surface area contributed by atoms with Crippen molar-refractivity contribution in [1.29, 1.82) is 0 Å². The lowest BCUT2D eigenvalue weighted by molar-refractivity contribution is 0.240. The highest BCUT2D eigenvalue weighted by atomic mass is 15.2. The standard InChI is InChI=1S/C18H20N4/c1-3-9-19-17(7-1)15-22(14-13-21-11-5-6-12-21)16-18-8-2-4-10-20-18/h1-12H,13-16H2. The van der Waals surface area contributed by atoms with E-state index in [1.807, 2.05) is 36.7 Å². The number of aromatic nitrogens is 3. The molecular weight excluding hydrogens is 272 g/mol. The van der Waals surface area contributed by atoms with Crippen LogP contribution in [0, 0.1) is 0 Å². The molecular formula is C18H20N4. The molecule has 4 heteroatoms. The molecule has 0 unspecified atom stereocenters. The number of hydrogen-bond donors (Lipinski definition) is 0. The van der Waals surface area contributed by atoms with Crippen LogP contribution in [0.1, 0.15) is 11.4 Å². The lowest BCUT2D eigenvalue weighted by atomic mass is 10.3. The Morgan fingerprint density at radius 2 is 1.36 bits per heavy atom. The Labute approximate surface area is 131 Å². The molecule has 3 aromatic heterocycles. The van der Waals surface area contributed by atoms with Gasteiger partial charge in [-0.1, -0.05) is 12.1 Å². The molecule has 3 aromatic rings. The summed E-state index contributed by atoms with van der Waals surface area (Å²) >= 11 is 0. The topological polar surface area (TPSA) is 34.0 Å². The molecule has 0 bridgehead atoms. The minimum atomic E-state index is 0.832. The molecule has 0 aliphatic carbocycles. The second-order valence-corrected chi connectivity index (χ2v) is 5.27. The summed E-state index contributed by atoms with van der Waals surface area (Å²) in [5.74, 6) is 0. The Kier molecular flexibility index (Phi) is 4.95. The molecule has 0 N–H and O–H groups in total. The first kappa shape index (κ1) is 14.5. The lowest BCUT2D eigenvalue weighted by Gasteiger charge is -2.22. The van der Waals surface area contributed by atoms with Gasteiger partial charge in [-0.2, -0.15) is 0 Å². The third kappa shape index (κ3) is 4.27. The summed E-state index contributed by atoms with van der Waals surface area (Å²) in [6.45, 7) is 3.59. The summed E-state index contributed by atoms with van der Waals surface area (Å²) in [7, 11) is 0. The van der Waals surface area contributed by atoms with Crippen LogP contribution in [0.15, 0.2) is 73.3 Å². The van der Waals surface area contributed by atoms with Gasteiger partial charge in [-0.25, -0.2) is 0 Å². The average Bonchev–Trinajstić information content (AvgIpc) is 3.08. The first-order chi connectivity index (χ1) is 10.9. The molecule has 0 radical (unpaired) electrons. The molecule has 0 saturated carbocycles. The van der Waals surface area contributed by atoms with Gasteiger partial charge in [0.1, 0.15) is 0 Å². The molecule has 4 nitrogen and oxygen atoms in total. The maximum atomic E-state index is 4.44. The van der Waals surface area contributed by atoms with E-state index in [0.717, 1.165) is 37.6 Å². The fraction of sp³-hybridized carbons (Fsp3) is 0.222. The summed E-state index contributed by atoms with van der Waals surface area (Å²) < 4.78 is 2.20. The maximum Gasteiger partial charge on any atom is 0.0544 e. The van der Waals surface area contributed by atoms with Crippen molar-refractivity contribution in [2.24, 2.45) is 0 Å². The van der Waals surface area contributed by atoms with Gasteiger partial charge in [0.15, 0.2) is 0 Å². The van der Waals surface area contributed by atoms with Gasteiger partial charge in [0.05, 0.1) is 11.4 Å². The number of hydrogen-bond acceptors (Lipinski definition) is 3. The largest absolute Gasteiger partial charge is 0.353 e. The van der Waals surface area contributed by atoms with E-state index in [1.54, 1.807) is 0 Å². The molecule has 22 heavy (non-hydrogen) atoms. The van der Waals surface area contributed by atoms with Gasteiger partial charge >= 0.3 is 0 Å². The van der Waals surface area contributed by atoms with E-state index in [9.17, 15) is 0 Å². The fourth-order valence-electron chi connectivity index (χ4n) is 2.43. The van der Waals surface area contributed by atoms with Crippen LogP contribution in [-0.2, 0) is 19.6 Å². The Morgan fingerprint density at radius 1 is 0.773 bits per heavy atom. The van der Waals surface area contributed by atoms with Crippen LogP contribution in [-0.4, -0.2) is 26.0 Å². The van der Waals surface area contributed by atoms with Crippen molar-refractivity contribution in [2.45, 2.75) is 19.6 Å². The van der Waals surface area contributed by atoms with Crippen molar-refractivity contribution in [1.82, 2.24) is 19.4 Å². The normalized spacial score (nSPS) is 11.0. The average molecular weight is 292 g/mol. The van der Waals surface area contributed by atoms with Crippen LogP contribution >= 0.6 is 0 Å². The van der Waals surface area contributed by atoms with Gasteiger partial charge in [0, 0.05) is 51.0 Å². The molecule has 0 saturated heterocycles. The minimum absolute atomic E-state index is 0.832. The predicted molar refractivity (Wildman–Crippen MR) is 87.0 cm³/mol. The maximum absolute atomic E-state index is 4.44. The smallest absolute Gasteiger partial charge is 0.0544 e. The first-order valence-electron chi connectivity index (χ1n) is 7.53. The van der Waals surface area contributed by atoms with Crippen LogP contribution in [0.2, 0.25) is 0 Å². The Morgan fingerprint density at radius 3 is 1.86 bits per heavy atom. The molecule has 0 spiro atoms. The van der Waals surface area contributed by atoms with Gasteiger partial charge < -0.3 is 4.57 Å². The van der Waals surface area contributed by atoms with Crippen LogP contribution in [0.5, 0.6) is 0 Å². The van der Waals surface area contributed by atoms with E-state index in [2.05, 4.69) is 56.1 Å². The van der Waals surface area contributed by atoms with Crippen LogP contribution < -0.4 is 0 Å². The third-order valence-corrected chi connectivity index (χ3v) is 3.56. The van der Waals surface area contributed by atoms with Crippen molar-refractivity contribution in [3.63, 3.8) is 0 Å². The van der Waals surface area contributed by atoms with Crippen LogP contribution in [0.4, 0.5) is 0 Å². The second-order valence-electron chi connectivity index (χ2n) is 5.27. The molecule has 3 rings (SSSR count). The second kappa shape index (κ2) is 7.52. The predicted octanol–water partition coefficient (Wildman–Crippen LogP) is 2.98. The van der Waals surface area contributed by atoms with E-state index in [-0.39, 0.29) is 0 Å². The SMILES string of the molecule is c1ccc(CN(CCn2cccc2)Cc2ccccn2)nc1. The molecule has 112 valence electrons. The summed E-state index contributed by atoms with van der Waals surface area (Å²) in [5.41, 5.74) is 2.18. The van der Waals surface area contributed by atoms with Gasteiger partial charge in [0.25, 0.3) is 0 Å². The molecule has 3 heterocycles. The van der Waals surface area contributed by atoms with Crippen molar-refractivity contribution in [3.8, 4) is 0 Å². The van der Waals surface area contributed by atoms with Gasteiger partial charge in [0.2, 0.25) is 0 Å². The fourth-order valence-corrected chi connectivity index (χ4v) is 2.43. The zero-order valence-electron chi connectivity index (χ0n) is 12.5. The monoisotopic (exact) mass is 292 g/mol. The highest BCUT2D eigenvalue weighted by Crippen LogP contribution is 2.07. The first-order valence-corrected chi connectivity index (χ1v) is 7.53. The zero-order chi connectivity index (χ0) is 15.0. The summed E-state index contributed by atoms with van der Waals surface area (Å²) in [6.07, 6.45) is 7.89. The highest BCUT2D eigenvalue weighted by molar-refractivity contribution is 5.06. The molecule has 0 amide bonds. The Hall–Kier alpha value is -2.46. The van der Waals surface area contributed by atoms with Crippen molar-refractivity contribution >= 4 is 0 Å². The molecule has 0 fully saturated rings. The number of nitrogens with zero attached hydrogens (tertiary/aromatic N) is 4. The quantitative estimate of drug-likeness (QED) is 0.671. The lowest BCUT2D eigenvalue weighted by Crippen LogP contribution is -2.27. The van der Waals surface area contributed by atoms with Crippen molar-refractivity contribution < 1.29 is 0 Å². The van der Waals surface area contributed by atoms with Crippen LogP contribution in [0.25, 0.3) is 0 Å². The van der Waals surface area contributed by atoms with E-state index in [4.69, 9.17) is 0 Å². The molecule has 0 aromatic carbocycles. The van der Waals surface area contributed by atoms with E-state index >= 15 is 0 Å². The molecule has 0 atom stereocenters. The van der Waals surface area contributed by atoms with Gasteiger partial charge in [-0.15, -0.1) is 0 Å². The van der Waals surface area contributed by atoms with Crippen molar-refractivity contribution in [2.75, 3.05) is 6.54 Å². The summed E-state index contributed by atoms with van der Waals surface area (Å²) in [4.78, 5) is 11.3. The molecule has 0 aliphatic heterocycles. The zero-order valence-corrected chi connectivity index (χ0v) is 12.5. The van der Waals surface area contributed by atoms with Gasteiger partial charge in [-0.05, 0) is 36.4 Å². The Bertz CT molecular complexity index is 609. The minimum Gasteiger partial charge on any atom is -0.353 e. The number of pyridine rings is 2. The third-order valence-electron chi connectivity index (χ3n) is 3.56. The summed E-state index contributed by atoms with van der Waals surface area (Å²) in [5, 5.41) is 0. The van der Waals surface area contributed by atoms with E-state index in [1.165, 1.54) is 0 Å². The number of rotatable bonds is 7. The summed E-state index contributed by atoms with van der Waals surface area (Å²) in [6, 6.07) is 16.2. The van der Waals surface area contributed by atoms with E-state index in [0.29, 0.717) is 0 Å².